The molecule has 3 heteroatoms. The Morgan fingerprint density at radius 3 is 2.36 bits per heavy atom. The van der Waals surface area contributed by atoms with Crippen molar-refractivity contribution in [3.63, 3.8) is 0 Å². The smallest absolute Gasteiger partial charge is 0.235 e. The quantitative estimate of drug-likeness (QED) is 0.627. The van der Waals surface area contributed by atoms with Crippen molar-refractivity contribution < 1.29 is 4.79 Å². The predicted molar refractivity (Wildman–Crippen MR) is 51.0 cm³/mol. The van der Waals surface area contributed by atoms with Crippen LogP contribution in [0.5, 0.6) is 0 Å². The lowest BCUT2D eigenvalue weighted by Crippen LogP contribution is -2.43. The van der Waals surface area contributed by atoms with E-state index in [0.29, 0.717) is 0 Å². The van der Waals surface area contributed by atoms with Crippen LogP contribution < -0.4 is 5.32 Å². The third kappa shape index (κ3) is 3.65. The molecule has 11 heavy (non-hydrogen) atoms. The minimum absolute atomic E-state index is 0.0123. The maximum absolute atomic E-state index is 11.3. The fourth-order valence-corrected chi connectivity index (χ4v) is 0.643. The maximum atomic E-state index is 11.3. The van der Waals surface area contributed by atoms with E-state index >= 15 is 0 Å². The number of amides is 1. The molecule has 0 spiro atoms. The number of carbonyl (C=O) groups is 1. The van der Waals surface area contributed by atoms with Gasteiger partial charge in [0.15, 0.2) is 0 Å². The first-order valence-corrected chi connectivity index (χ1v) is 4.38. The highest BCUT2D eigenvalue weighted by Gasteiger charge is 2.26. The minimum Gasteiger partial charge on any atom is -0.353 e. The van der Waals surface area contributed by atoms with Gasteiger partial charge in [-0.2, -0.15) is 12.6 Å². The number of rotatable bonds is 3. The van der Waals surface area contributed by atoms with Crippen LogP contribution in [0.3, 0.4) is 0 Å². The third-order valence-corrected chi connectivity index (χ3v) is 2.12. The van der Waals surface area contributed by atoms with E-state index in [4.69, 9.17) is 0 Å². The number of carbonyl (C=O) groups excluding carboxylic acids is 1. The highest BCUT2D eigenvalue weighted by Crippen LogP contribution is 2.17. The van der Waals surface area contributed by atoms with Gasteiger partial charge >= 0.3 is 0 Å². The number of nitrogens with one attached hydrogen (secondary N) is 1. The summed E-state index contributed by atoms with van der Waals surface area (Å²) < 4.78 is -0.524. The first-order valence-electron chi connectivity index (χ1n) is 3.93. The molecular formula is C8H17NOS. The standard InChI is InChI=1S/C8H17NOS/c1-5-8(4,11)7(10)9-6(2)3/h6,11H,5H2,1-4H3,(H,9,10). The summed E-state index contributed by atoms with van der Waals surface area (Å²) in [4.78, 5) is 11.3. The third-order valence-electron chi connectivity index (χ3n) is 1.60. The highest BCUT2D eigenvalue weighted by molar-refractivity contribution is 7.82. The molecule has 0 aromatic rings. The lowest BCUT2D eigenvalue weighted by molar-refractivity contribution is -0.123. The Labute approximate surface area is 74.2 Å². The van der Waals surface area contributed by atoms with Crippen molar-refractivity contribution in [3.8, 4) is 0 Å². The minimum atomic E-state index is -0.524. The zero-order valence-electron chi connectivity index (χ0n) is 7.64. The zero-order valence-corrected chi connectivity index (χ0v) is 8.53. The molecule has 0 saturated heterocycles. The SMILES string of the molecule is CCC(C)(S)C(=O)NC(C)C. The highest BCUT2D eigenvalue weighted by atomic mass is 32.1. The monoisotopic (exact) mass is 175 g/mol. The molecule has 0 aromatic carbocycles. The summed E-state index contributed by atoms with van der Waals surface area (Å²) in [5.41, 5.74) is 0. The molecule has 0 heterocycles. The molecule has 1 amide bonds. The van der Waals surface area contributed by atoms with Gasteiger partial charge < -0.3 is 5.32 Å². The summed E-state index contributed by atoms with van der Waals surface area (Å²) in [6, 6.07) is 0.195. The Balaban J connectivity index is 4.02. The Bertz CT molecular complexity index is 143. The van der Waals surface area contributed by atoms with Crippen LogP contribution in [0.2, 0.25) is 0 Å². The largest absolute Gasteiger partial charge is 0.353 e. The van der Waals surface area contributed by atoms with E-state index in [1.807, 2.05) is 27.7 Å². The fourth-order valence-electron chi connectivity index (χ4n) is 0.578. The second-order valence-electron chi connectivity index (χ2n) is 3.26. The molecule has 0 aliphatic rings. The van der Waals surface area contributed by atoms with Gasteiger partial charge in [-0.15, -0.1) is 0 Å². The zero-order chi connectivity index (χ0) is 9.07. The van der Waals surface area contributed by atoms with Crippen molar-refractivity contribution in [1.82, 2.24) is 5.32 Å². The van der Waals surface area contributed by atoms with Gasteiger partial charge in [0, 0.05) is 6.04 Å². The molecule has 0 rings (SSSR count). The van der Waals surface area contributed by atoms with E-state index in [1.54, 1.807) is 0 Å². The maximum Gasteiger partial charge on any atom is 0.235 e. The number of thiol groups is 1. The van der Waals surface area contributed by atoms with Crippen LogP contribution in [0.4, 0.5) is 0 Å². The first-order chi connectivity index (χ1) is 4.90. The van der Waals surface area contributed by atoms with E-state index in [-0.39, 0.29) is 11.9 Å². The van der Waals surface area contributed by atoms with Gasteiger partial charge in [0.25, 0.3) is 0 Å². The summed E-state index contributed by atoms with van der Waals surface area (Å²) in [7, 11) is 0. The molecule has 0 aliphatic heterocycles. The predicted octanol–water partition coefficient (Wildman–Crippen LogP) is 1.61. The molecule has 2 nitrogen and oxygen atoms in total. The molecule has 0 aliphatic carbocycles. The molecule has 1 unspecified atom stereocenters. The van der Waals surface area contributed by atoms with Gasteiger partial charge in [-0.3, -0.25) is 4.79 Å². The van der Waals surface area contributed by atoms with Gasteiger partial charge in [-0.05, 0) is 27.2 Å². The van der Waals surface area contributed by atoms with Crippen molar-refractivity contribution in [2.45, 2.75) is 44.9 Å². The Morgan fingerprint density at radius 2 is 2.09 bits per heavy atom. The van der Waals surface area contributed by atoms with E-state index in [9.17, 15) is 4.79 Å². The average Bonchev–Trinajstić information content (AvgIpc) is 1.86. The van der Waals surface area contributed by atoms with E-state index in [2.05, 4.69) is 17.9 Å². The molecule has 0 bridgehead atoms. The average molecular weight is 175 g/mol. The van der Waals surface area contributed by atoms with Gasteiger partial charge in [-0.25, -0.2) is 0 Å². The van der Waals surface area contributed by atoms with Crippen LogP contribution >= 0.6 is 12.6 Å². The summed E-state index contributed by atoms with van der Waals surface area (Å²) >= 11 is 4.24. The second-order valence-corrected chi connectivity index (χ2v) is 4.24. The van der Waals surface area contributed by atoms with Crippen LogP contribution in [0.1, 0.15) is 34.1 Å². The molecular weight excluding hydrogens is 158 g/mol. The van der Waals surface area contributed by atoms with Crippen molar-refractivity contribution in [3.05, 3.63) is 0 Å². The number of hydrogen-bond acceptors (Lipinski definition) is 2. The molecule has 1 atom stereocenters. The van der Waals surface area contributed by atoms with Crippen molar-refractivity contribution in [2.75, 3.05) is 0 Å². The summed E-state index contributed by atoms with van der Waals surface area (Å²) in [6.45, 7) is 7.66. The second kappa shape index (κ2) is 4.00. The molecule has 1 N–H and O–H groups in total. The fraction of sp³-hybridized carbons (Fsp3) is 0.875. The molecule has 66 valence electrons. The van der Waals surface area contributed by atoms with Gasteiger partial charge in [0.1, 0.15) is 0 Å². The van der Waals surface area contributed by atoms with E-state index in [0.717, 1.165) is 6.42 Å². The van der Waals surface area contributed by atoms with Crippen LogP contribution in [-0.2, 0) is 4.79 Å². The van der Waals surface area contributed by atoms with Crippen LogP contribution in [0.15, 0.2) is 0 Å². The molecule has 0 saturated carbocycles. The Morgan fingerprint density at radius 1 is 1.64 bits per heavy atom. The first kappa shape index (κ1) is 10.8. The topological polar surface area (TPSA) is 29.1 Å². The van der Waals surface area contributed by atoms with Crippen LogP contribution in [-0.4, -0.2) is 16.7 Å². The van der Waals surface area contributed by atoms with Crippen LogP contribution in [0, 0.1) is 0 Å². The molecule has 0 radical (unpaired) electrons. The molecule has 0 aromatic heterocycles. The summed E-state index contributed by atoms with van der Waals surface area (Å²) in [5.74, 6) is 0.0123. The lowest BCUT2D eigenvalue weighted by Gasteiger charge is -2.21. The number of hydrogen-bond donors (Lipinski definition) is 2. The van der Waals surface area contributed by atoms with Crippen LogP contribution in [0.25, 0.3) is 0 Å². The Kier molecular flexibility index (Phi) is 3.93. The van der Waals surface area contributed by atoms with E-state index < -0.39 is 4.75 Å². The van der Waals surface area contributed by atoms with Crippen molar-refractivity contribution >= 4 is 18.5 Å². The van der Waals surface area contributed by atoms with Crippen molar-refractivity contribution in [2.24, 2.45) is 0 Å². The Hall–Kier alpha value is -0.180. The van der Waals surface area contributed by atoms with E-state index in [1.165, 1.54) is 0 Å². The summed E-state index contributed by atoms with van der Waals surface area (Å²) in [6.07, 6.45) is 0.745. The normalized spacial score (nSPS) is 16.2. The van der Waals surface area contributed by atoms with Gasteiger partial charge in [-0.1, -0.05) is 6.92 Å². The van der Waals surface area contributed by atoms with Crippen molar-refractivity contribution in [1.29, 1.82) is 0 Å². The molecule has 0 fully saturated rings. The lowest BCUT2D eigenvalue weighted by atomic mass is 10.1. The van der Waals surface area contributed by atoms with Gasteiger partial charge in [0.05, 0.1) is 4.75 Å². The summed E-state index contributed by atoms with van der Waals surface area (Å²) in [5, 5.41) is 2.82. The van der Waals surface area contributed by atoms with Gasteiger partial charge in [0.2, 0.25) is 5.91 Å².